The van der Waals surface area contributed by atoms with E-state index < -0.39 is 0 Å². The van der Waals surface area contributed by atoms with Crippen molar-refractivity contribution in [2.75, 3.05) is 19.7 Å². The molecule has 1 amide bonds. The van der Waals surface area contributed by atoms with Crippen molar-refractivity contribution in [3.05, 3.63) is 35.7 Å². The molecule has 0 bridgehead atoms. The van der Waals surface area contributed by atoms with Crippen LogP contribution in [-0.2, 0) is 16.0 Å². The number of hydrogen-bond donors (Lipinski definition) is 0. The highest BCUT2D eigenvalue weighted by Crippen LogP contribution is 2.17. The summed E-state index contributed by atoms with van der Waals surface area (Å²) in [6.45, 7) is 6.05. The van der Waals surface area contributed by atoms with E-state index in [2.05, 4.69) is 17.1 Å². The number of hydrogen-bond acceptors (Lipinski definition) is 5. The Kier molecular flexibility index (Phi) is 5.25. The molecule has 3 rings (SSSR count). The number of aromatic nitrogens is 2. The average Bonchev–Trinajstić information content (AvgIpc) is 3.09. The second kappa shape index (κ2) is 7.57. The van der Waals surface area contributed by atoms with Crippen molar-refractivity contribution < 1.29 is 14.1 Å². The monoisotopic (exact) mass is 329 g/mol. The Morgan fingerprint density at radius 3 is 2.88 bits per heavy atom. The molecule has 2 aromatic rings. The van der Waals surface area contributed by atoms with Gasteiger partial charge in [0.15, 0.2) is 0 Å². The predicted molar refractivity (Wildman–Crippen MR) is 89.4 cm³/mol. The lowest BCUT2D eigenvalue weighted by molar-refractivity contribution is -0.138. The number of carbonyl (C=O) groups excluding carboxylic acids is 1. The van der Waals surface area contributed by atoms with Crippen LogP contribution >= 0.6 is 0 Å². The van der Waals surface area contributed by atoms with Gasteiger partial charge >= 0.3 is 0 Å². The summed E-state index contributed by atoms with van der Waals surface area (Å²) in [4.78, 5) is 18.6. The lowest BCUT2D eigenvalue weighted by Crippen LogP contribution is -2.45. The number of amides is 1. The molecule has 1 aromatic carbocycles. The first-order chi connectivity index (χ1) is 11.7. The summed E-state index contributed by atoms with van der Waals surface area (Å²) in [5.41, 5.74) is 2.10. The van der Waals surface area contributed by atoms with Crippen LogP contribution in [0.2, 0.25) is 0 Å². The molecule has 1 aliphatic rings. The molecule has 0 N–H and O–H groups in total. The molecule has 1 aromatic heterocycles. The van der Waals surface area contributed by atoms with E-state index in [1.165, 1.54) is 5.56 Å². The SMILES string of the molecule is CC[C@H]1CN(C(=O)CCc2nc(-c3ccc(C)cc3)no2)CCO1. The molecule has 0 unspecified atom stereocenters. The van der Waals surface area contributed by atoms with Gasteiger partial charge in [-0.1, -0.05) is 41.9 Å². The van der Waals surface area contributed by atoms with E-state index in [0.29, 0.717) is 44.3 Å². The van der Waals surface area contributed by atoms with Crippen LogP contribution in [0.25, 0.3) is 11.4 Å². The highest BCUT2D eigenvalue weighted by Gasteiger charge is 2.23. The normalized spacial score (nSPS) is 17.9. The number of aryl methyl sites for hydroxylation is 2. The van der Waals surface area contributed by atoms with Gasteiger partial charge in [-0.25, -0.2) is 0 Å². The largest absolute Gasteiger partial charge is 0.375 e. The van der Waals surface area contributed by atoms with Crippen LogP contribution in [0.3, 0.4) is 0 Å². The smallest absolute Gasteiger partial charge is 0.227 e. The average molecular weight is 329 g/mol. The summed E-state index contributed by atoms with van der Waals surface area (Å²) in [7, 11) is 0. The molecule has 1 aliphatic heterocycles. The fourth-order valence-electron chi connectivity index (χ4n) is 2.74. The van der Waals surface area contributed by atoms with Crippen LogP contribution in [0, 0.1) is 6.92 Å². The van der Waals surface area contributed by atoms with Crippen LogP contribution in [-0.4, -0.2) is 46.7 Å². The van der Waals surface area contributed by atoms with Crippen molar-refractivity contribution in [1.82, 2.24) is 15.0 Å². The molecule has 24 heavy (non-hydrogen) atoms. The maximum absolute atomic E-state index is 12.3. The molecule has 0 saturated carbocycles. The van der Waals surface area contributed by atoms with Crippen molar-refractivity contribution >= 4 is 5.91 Å². The molecule has 0 aliphatic carbocycles. The third-order valence-electron chi connectivity index (χ3n) is 4.28. The van der Waals surface area contributed by atoms with Gasteiger partial charge in [0.2, 0.25) is 17.6 Å². The van der Waals surface area contributed by atoms with Crippen molar-refractivity contribution in [3.63, 3.8) is 0 Å². The highest BCUT2D eigenvalue weighted by atomic mass is 16.5. The third kappa shape index (κ3) is 4.00. The maximum Gasteiger partial charge on any atom is 0.227 e. The summed E-state index contributed by atoms with van der Waals surface area (Å²) in [5.74, 6) is 1.18. The van der Waals surface area contributed by atoms with E-state index in [-0.39, 0.29) is 12.0 Å². The van der Waals surface area contributed by atoms with E-state index in [9.17, 15) is 4.79 Å². The Labute approximate surface area is 141 Å². The van der Waals surface area contributed by atoms with Crippen LogP contribution < -0.4 is 0 Å². The van der Waals surface area contributed by atoms with Gasteiger partial charge < -0.3 is 14.2 Å². The van der Waals surface area contributed by atoms with Gasteiger partial charge in [0.1, 0.15) is 0 Å². The van der Waals surface area contributed by atoms with Crippen molar-refractivity contribution in [2.45, 2.75) is 39.2 Å². The lowest BCUT2D eigenvalue weighted by Gasteiger charge is -2.32. The summed E-state index contributed by atoms with van der Waals surface area (Å²) >= 11 is 0. The van der Waals surface area contributed by atoms with Crippen LogP contribution in [0.5, 0.6) is 0 Å². The zero-order valence-corrected chi connectivity index (χ0v) is 14.2. The third-order valence-corrected chi connectivity index (χ3v) is 4.28. The number of benzene rings is 1. The number of ether oxygens (including phenoxy) is 1. The zero-order valence-electron chi connectivity index (χ0n) is 14.2. The highest BCUT2D eigenvalue weighted by molar-refractivity contribution is 5.76. The lowest BCUT2D eigenvalue weighted by atomic mass is 10.1. The van der Waals surface area contributed by atoms with Gasteiger partial charge in [0.05, 0.1) is 12.7 Å². The van der Waals surface area contributed by atoms with Gasteiger partial charge in [-0.05, 0) is 13.3 Å². The van der Waals surface area contributed by atoms with Crippen LogP contribution in [0.1, 0.15) is 31.2 Å². The minimum Gasteiger partial charge on any atom is -0.375 e. The standard InChI is InChI=1S/C18H23N3O3/c1-3-15-12-21(10-11-23-15)17(22)9-8-16-19-18(20-24-16)14-6-4-13(2)5-7-14/h4-7,15H,3,8-12H2,1-2H3/t15-/m0/s1. The van der Waals surface area contributed by atoms with Crippen molar-refractivity contribution in [2.24, 2.45) is 0 Å². The van der Waals surface area contributed by atoms with Gasteiger partial charge in [0, 0.05) is 31.5 Å². The van der Waals surface area contributed by atoms with E-state index in [4.69, 9.17) is 9.26 Å². The summed E-state index contributed by atoms with van der Waals surface area (Å²) in [5, 5.41) is 4.00. The Balaban J connectivity index is 1.55. The number of rotatable bonds is 5. The second-order valence-electron chi connectivity index (χ2n) is 6.12. The minimum absolute atomic E-state index is 0.117. The van der Waals surface area contributed by atoms with E-state index in [1.54, 1.807) is 0 Å². The molecule has 1 fully saturated rings. The topological polar surface area (TPSA) is 68.5 Å². The van der Waals surface area contributed by atoms with Crippen LogP contribution in [0.15, 0.2) is 28.8 Å². The van der Waals surface area contributed by atoms with E-state index in [0.717, 1.165) is 12.0 Å². The fourth-order valence-corrected chi connectivity index (χ4v) is 2.74. The fraction of sp³-hybridized carbons (Fsp3) is 0.500. The van der Waals surface area contributed by atoms with Crippen molar-refractivity contribution in [1.29, 1.82) is 0 Å². The molecule has 1 atom stereocenters. The van der Waals surface area contributed by atoms with Gasteiger partial charge in [-0.15, -0.1) is 0 Å². The number of carbonyl (C=O) groups is 1. The second-order valence-corrected chi connectivity index (χ2v) is 6.12. The molecule has 128 valence electrons. The molecule has 0 radical (unpaired) electrons. The Morgan fingerprint density at radius 2 is 2.12 bits per heavy atom. The molecule has 2 heterocycles. The number of nitrogens with zero attached hydrogens (tertiary/aromatic N) is 3. The Morgan fingerprint density at radius 1 is 1.33 bits per heavy atom. The predicted octanol–water partition coefficient (Wildman–Crippen LogP) is 2.62. The Bertz CT molecular complexity index is 681. The van der Waals surface area contributed by atoms with Gasteiger partial charge in [-0.2, -0.15) is 4.98 Å². The molecule has 1 saturated heterocycles. The van der Waals surface area contributed by atoms with Gasteiger partial charge in [0.25, 0.3) is 0 Å². The molecular formula is C18H23N3O3. The van der Waals surface area contributed by atoms with E-state index >= 15 is 0 Å². The van der Waals surface area contributed by atoms with Gasteiger partial charge in [-0.3, -0.25) is 4.79 Å². The minimum atomic E-state index is 0.117. The Hall–Kier alpha value is -2.21. The maximum atomic E-state index is 12.3. The summed E-state index contributed by atoms with van der Waals surface area (Å²) in [6.07, 6.45) is 1.92. The molecule has 0 spiro atoms. The zero-order chi connectivity index (χ0) is 16.9. The first kappa shape index (κ1) is 16.6. The molecular weight excluding hydrogens is 306 g/mol. The summed E-state index contributed by atoms with van der Waals surface area (Å²) < 4.78 is 10.9. The van der Waals surface area contributed by atoms with Crippen molar-refractivity contribution in [3.8, 4) is 11.4 Å². The van der Waals surface area contributed by atoms with Crippen LogP contribution in [0.4, 0.5) is 0 Å². The molecule has 6 nitrogen and oxygen atoms in total. The summed E-state index contributed by atoms with van der Waals surface area (Å²) in [6, 6.07) is 7.95. The quantitative estimate of drug-likeness (QED) is 0.843. The first-order valence-electron chi connectivity index (χ1n) is 8.44. The van der Waals surface area contributed by atoms with E-state index in [1.807, 2.05) is 36.1 Å². The first-order valence-corrected chi connectivity index (χ1v) is 8.44. The molecule has 6 heteroatoms. The number of morpholine rings is 1.